The van der Waals surface area contributed by atoms with Crippen molar-refractivity contribution in [2.45, 2.75) is 19.1 Å². The molecule has 0 saturated heterocycles. The fourth-order valence-corrected chi connectivity index (χ4v) is 2.67. The molecule has 0 amide bonds. The van der Waals surface area contributed by atoms with E-state index in [1.54, 1.807) is 7.05 Å². The molecule has 0 fully saturated rings. The molecule has 2 N–H and O–H groups in total. The predicted molar refractivity (Wildman–Crippen MR) is 94.1 cm³/mol. The van der Waals surface area contributed by atoms with Crippen molar-refractivity contribution in [3.8, 4) is 5.75 Å². The smallest absolute Gasteiger partial charge is 0.321 e. The summed E-state index contributed by atoms with van der Waals surface area (Å²) in [6.07, 6.45) is 0.382. The highest BCUT2D eigenvalue weighted by molar-refractivity contribution is 14.1. The van der Waals surface area contributed by atoms with Gasteiger partial charge in [-0.2, -0.15) is 0 Å². The molecule has 2 aromatic carbocycles. The second kappa shape index (κ2) is 8.14. The van der Waals surface area contributed by atoms with Crippen molar-refractivity contribution in [3.05, 3.63) is 63.2 Å². The molecular weight excluding hydrogens is 393 g/mol. The van der Waals surface area contributed by atoms with Gasteiger partial charge in [0.05, 0.1) is 0 Å². The van der Waals surface area contributed by atoms with E-state index in [0.29, 0.717) is 13.0 Å². The number of nitrogens with one attached hydrogen (secondary N) is 1. The number of carbonyl (C=O) groups is 1. The lowest BCUT2D eigenvalue weighted by Gasteiger charge is -2.16. The largest absolute Gasteiger partial charge is 0.489 e. The third kappa shape index (κ3) is 4.71. The molecule has 2 aromatic rings. The molecular formula is C17H18INO3. The van der Waals surface area contributed by atoms with Gasteiger partial charge in [0.15, 0.2) is 0 Å². The number of halogens is 1. The van der Waals surface area contributed by atoms with Crippen LogP contribution in [-0.2, 0) is 17.8 Å². The first-order chi connectivity index (χ1) is 10.6. The zero-order valence-electron chi connectivity index (χ0n) is 12.3. The van der Waals surface area contributed by atoms with Gasteiger partial charge in [-0.3, -0.25) is 4.79 Å². The molecule has 22 heavy (non-hydrogen) atoms. The molecule has 0 aromatic heterocycles. The van der Waals surface area contributed by atoms with Crippen LogP contribution in [0.2, 0.25) is 0 Å². The van der Waals surface area contributed by atoms with Gasteiger partial charge in [-0.25, -0.2) is 0 Å². The lowest BCUT2D eigenvalue weighted by molar-refractivity contribution is -0.139. The monoisotopic (exact) mass is 411 g/mol. The Labute approximate surface area is 143 Å². The van der Waals surface area contributed by atoms with Crippen molar-refractivity contribution < 1.29 is 14.6 Å². The van der Waals surface area contributed by atoms with Crippen molar-refractivity contribution in [1.82, 2.24) is 5.32 Å². The van der Waals surface area contributed by atoms with E-state index in [2.05, 4.69) is 27.9 Å². The zero-order valence-corrected chi connectivity index (χ0v) is 14.4. The second-order valence-corrected chi connectivity index (χ2v) is 6.16. The Kier molecular flexibility index (Phi) is 6.21. The molecule has 0 heterocycles. The Balaban J connectivity index is 2.15. The summed E-state index contributed by atoms with van der Waals surface area (Å²) in [5.41, 5.74) is 1.97. The molecule has 0 aliphatic rings. The van der Waals surface area contributed by atoms with E-state index in [-0.39, 0.29) is 0 Å². The van der Waals surface area contributed by atoms with E-state index in [1.807, 2.05) is 48.5 Å². The van der Waals surface area contributed by atoms with Crippen molar-refractivity contribution >= 4 is 28.6 Å². The van der Waals surface area contributed by atoms with Crippen LogP contribution in [0.5, 0.6) is 5.75 Å². The van der Waals surface area contributed by atoms with Crippen LogP contribution >= 0.6 is 22.6 Å². The minimum Gasteiger partial charge on any atom is -0.489 e. The summed E-state index contributed by atoms with van der Waals surface area (Å²) < 4.78 is 6.93. The minimum atomic E-state index is -0.865. The minimum absolute atomic E-state index is 0.382. The molecule has 0 saturated carbocycles. The fourth-order valence-electron chi connectivity index (χ4n) is 2.12. The Morgan fingerprint density at radius 2 is 2.00 bits per heavy atom. The second-order valence-electron chi connectivity index (χ2n) is 4.91. The van der Waals surface area contributed by atoms with Crippen LogP contribution in [0.15, 0.2) is 48.5 Å². The maximum absolute atomic E-state index is 11.2. The lowest BCUT2D eigenvalue weighted by atomic mass is 10.1. The number of benzene rings is 2. The van der Waals surface area contributed by atoms with E-state index >= 15 is 0 Å². The summed E-state index contributed by atoms with van der Waals surface area (Å²) >= 11 is 2.21. The molecule has 1 atom stereocenters. The topological polar surface area (TPSA) is 58.6 Å². The van der Waals surface area contributed by atoms with Crippen molar-refractivity contribution in [2.24, 2.45) is 0 Å². The maximum Gasteiger partial charge on any atom is 0.321 e. The average Bonchev–Trinajstić information content (AvgIpc) is 2.52. The zero-order chi connectivity index (χ0) is 15.9. The maximum atomic E-state index is 11.2. The molecule has 0 aliphatic carbocycles. The fraction of sp³-hybridized carbons (Fsp3) is 0.235. The van der Waals surface area contributed by atoms with Crippen molar-refractivity contribution in [1.29, 1.82) is 0 Å². The number of carboxylic acids is 1. The number of hydrogen-bond donors (Lipinski definition) is 2. The number of likely N-dealkylation sites (N-methyl/N-ethyl adjacent to an activating group) is 1. The Bertz CT molecular complexity index is 631. The normalized spacial score (nSPS) is 11.9. The van der Waals surface area contributed by atoms with E-state index < -0.39 is 12.0 Å². The van der Waals surface area contributed by atoms with E-state index in [9.17, 15) is 9.90 Å². The summed E-state index contributed by atoms with van der Waals surface area (Å²) in [7, 11) is 1.65. The first kappa shape index (κ1) is 16.8. The molecule has 0 bridgehead atoms. The first-order valence-electron chi connectivity index (χ1n) is 6.95. The predicted octanol–water partition coefficient (Wildman–Crippen LogP) is 3.09. The lowest BCUT2D eigenvalue weighted by Crippen LogP contribution is -2.35. The molecule has 0 aliphatic heterocycles. The summed E-state index contributed by atoms with van der Waals surface area (Å²) in [6, 6.07) is 15.1. The third-order valence-corrected chi connectivity index (χ3v) is 4.00. The Hall–Kier alpha value is -1.60. The van der Waals surface area contributed by atoms with Crippen LogP contribution < -0.4 is 10.1 Å². The molecule has 5 heteroatoms. The SMILES string of the molecule is CNC(Cc1cc(I)ccc1OCc1ccccc1)C(=O)O. The quantitative estimate of drug-likeness (QED) is 0.688. The van der Waals surface area contributed by atoms with E-state index in [4.69, 9.17) is 4.74 Å². The van der Waals surface area contributed by atoms with Gasteiger partial charge in [-0.15, -0.1) is 0 Å². The number of hydrogen-bond acceptors (Lipinski definition) is 3. The van der Waals surface area contributed by atoms with E-state index in [0.717, 1.165) is 20.4 Å². The molecule has 4 nitrogen and oxygen atoms in total. The molecule has 116 valence electrons. The standard InChI is InChI=1S/C17H18INO3/c1-19-15(17(20)21)10-13-9-14(18)7-8-16(13)22-11-12-5-3-2-4-6-12/h2-9,15,19H,10-11H2,1H3,(H,20,21). The highest BCUT2D eigenvalue weighted by Gasteiger charge is 2.18. The highest BCUT2D eigenvalue weighted by atomic mass is 127. The van der Waals surface area contributed by atoms with Crippen LogP contribution in [-0.4, -0.2) is 24.2 Å². The van der Waals surface area contributed by atoms with E-state index in [1.165, 1.54) is 0 Å². The Morgan fingerprint density at radius 1 is 1.27 bits per heavy atom. The van der Waals surface area contributed by atoms with Crippen LogP contribution in [0.1, 0.15) is 11.1 Å². The van der Waals surface area contributed by atoms with Crippen LogP contribution in [0.25, 0.3) is 0 Å². The number of ether oxygens (including phenoxy) is 1. The van der Waals surface area contributed by atoms with Gasteiger partial charge < -0.3 is 15.2 Å². The molecule has 2 rings (SSSR count). The Morgan fingerprint density at radius 3 is 2.64 bits per heavy atom. The van der Waals surface area contributed by atoms with Gasteiger partial charge in [0, 0.05) is 9.99 Å². The van der Waals surface area contributed by atoms with Crippen molar-refractivity contribution in [2.75, 3.05) is 7.05 Å². The van der Waals surface area contributed by atoms with Gasteiger partial charge in [0.25, 0.3) is 0 Å². The van der Waals surface area contributed by atoms with Gasteiger partial charge in [0.1, 0.15) is 18.4 Å². The van der Waals surface area contributed by atoms with Crippen LogP contribution in [0.3, 0.4) is 0 Å². The van der Waals surface area contributed by atoms with Crippen LogP contribution in [0.4, 0.5) is 0 Å². The number of rotatable bonds is 7. The molecule has 0 spiro atoms. The van der Waals surface area contributed by atoms with Gasteiger partial charge >= 0.3 is 5.97 Å². The number of carboxylic acid groups (broad SMARTS) is 1. The summed E-state index contributed by atoms with van der Waals surface area (Å²) in [5, 5.41) is 12.0. The van der Waals surface area contributed by atoms with Gasteiger partial charge in [-0.1, -0.05) is 30.3 Å². The van der Waals surface area contributed by atoms with Gasteiger partial charge in [-0.05, 0) is 59.0 Å². The first-order valence-corrected chi connectivity index (χ1v) is 8.03. The highest BCUT2D eigenvalue weighted by Crippen LogP contribution is 2.24. The van der Waals surface area contributed by atoms with Gasteiger partial charge in [0.2, 0.25) is 0 Å². The number of aliphatic carboxylic acids is 1. The van der Waals surface area contributed by atoms with Crippen LogP contribution in [0, 0.1) is 3.57 Å². The summed E-state index contributed by atoms with van der Waals surface area (Å²) in [5.74, 6) is -0.138. The molecule has 0 radical (unpaired) electrons. The third-order valence-electron chi connectivity index (χ3n) is 3.33. The average molecular weight is 411 g/mol. The summed E-state index contributed by atoms with van der Waals surface area (Å²) in [6.45, 7) is 0.464. The molecule has 1 unspecified atom stereocenters. The summed E-state index contributed by atoms with van der Waals surface area (Å²) in [4.78, 5) is 11.2. The van der Waals surface area contributed by atoms with Crippen molar-refractivity contribution in [3.63, 3.8) is 0 Å².